The summed E-state index contributed by atoms with van der Waals surface area (Å²) in [6.45, 7) is 8.70. The quantitative estimate of drug-likeness (QED) is 0.270. The maximum absolute atomic E-state index is 16.8. The van der Waals surface area contributed by atoms with Gasteiger partial charge in [-0.1, -0.05) is 36.4 Å². The summed E-state index contributed by atoms with van der Waals surface area (Å²) in [5.41, 5.74) is 0.822. The van der Waals surface area contributed by atoms with Gasteiger partial charge in [0.15, 0.2) is 5.82 Å². The molecule has 5 N–H and O–H groups in total. The first kappa shape index (κ1) is 29.0. The van der Waals surface area contributed by atoms with Crippen molar-refractivity contribution in [2.75, 3.05) is 23.7 Å². The molecule has 5 rings (SSSR count). The third-order valence-electron chi connectivity index (χ3n) is 7.66. The van der Waals surface area contributed by atoms with Gasteiger partial charge in [-0.3, -0.25) is 20.0 Å². The number of halogens is 2. The number of para-hydroxylation sites is 1. The molecule has 0 spiro atoms. The van der Waals surface area contributed by atoms with E-state index in [2.05, 4.69) is 22.2 Å². The molecule has 3 atom stereocenters. The van der Waals surface area contributed by atoms with E-state index in [1.807, 2.05) is 0 Å². The Labute approximate surface area is 246 Å². The van der Waals surface area contributed by atoms with Gasteiger partial charge in [0.25, 0.3) is 0 Å². The molecule has 0 radical (unpaired) electrons. The fourth-order valence-electron chi connectivity index (χ4n) is 5.49. The molecule has 2 aliphatic rings. The number of nitrogens with one attached hydrogen (secondary N) is 3. The zero-order chi connectivity index (χ0) is 30.5. The number of aliphatic hydroxyl groups excluding tert-OH is 1. The largest absolute Gasteiger partial charge is 0.507 e. The van der Waals surface area contributed by atoms with E-state index in [1.165, 1.54) is 41.1 Å². The predicted octanol–water partition coefficient (Wildman–Crippen LogP) is 4.72. The lowest BCUT2D eigenvalue weighted by atomic mass is 9.96. The van der Waals surface area contributed by atoms with Crippen molar-refractivity contribution in [1.82, 2.24) is 14.8 Å². The van der Waals surface area contributed by atoms with Crippen molar-refractivity contribution in [2.24, 2.45) is 0 Å². The number of amides is 2. The van der Waals surface area contributed by atoms with Gasteiger partial charge in [0.05, 0.1) is 46.0 Å². The Morgan fingerprint density at radius 1 is 1.29 bits per heavy atom. The van der Waals surface area contributed by atoms with E-state index in [0.717, 1.165) is 0 Å². The van der Waals surface area contributed by atoms with Gasteiger partial charge in [-0.25, -0.2) is 4.39 Å². The number of carbonyl (C=O) groups is 2. The number of nitrogens with zero attached hydrogens (tertiary/aromatic N) is 3. The smallest absolute Gasteiger partial charge is 0.249 e. The van der Waals surface area contributed by atoms with Gasteiger partial charge in [0.1, 0.15) is 17.6 Å². The number of benzene rings is 2. The summed E-state index contributed by atoms with van der Waals surface area (Å²) in [4.78, 5) is 33.5. The van der Waals surface area contributed by atoms with Crippen molar-refractivity contribution in [3.63, 3.8) is 0 Å². The molecule has 0 saturated carbocycles. The van der Waals surface area contributed by atoms with Crippen LogP contribution in [-0.2, 0) is 9.59 Å². The number of phenols is 1. The summed E-state index contributed by atoms with van der Waals surface area (Å²) in [7, 11) is 0. The van der Waals surface area contributed by atoms with Crippen LogP contribution in [0.2, 0.25) is 5.02 Å². The van der Waals surface area contributed by atoms with E-state index in [9.17, 15) is 25.2 Å². The van der Waals surface area contributed by atoms with Crippen LogP contribution < -0.4 is 10.6 Å². The van der Waals surface area contributed by atoms with Crippen LogP contribution in [0.5, 0.6) is 5.75 Å². The Morgan fingerprint density at radius 3 is 2.67 bits per heavy atom. The molecule has 0 aliphatic carbocycles. The average Bonchev–Trinajstić information content (AvgIpc) is 3.06. The van der Waals surface area contributed by atoms with Gasteiger partial charge < -0.3 is 30.6 Å². The van der Waals surface area contributed by atoms with E-state index >= 15 is 4.39 Å². The molecule has 3 heterocycles. The first-order valence-electron chi connectivity index (χ1n) is 13.3. The molecule has 2 aromatic carbocycles. The summed E-state index contributed by atoms with van der Waals surface area (Å²) in [5.74, 6) is -2.22. The fourth-order valence-corrected chi connectivity index (χ4v) is 5.82. The fraction of sp³-hybridized carbons (Fsp3) is 0.267. The lowest BCUT2D eigenvalue weighted by Gasteiger charge is -2.44. The second-order valence-electron chi connectivity index (χ2n) is 10.4. The topological polar surface area (TPSA) is 142 Å². The van der Waals surface area contributed by atoms with Gasteiger partial charge >= 0.3 is 0 Å². The number of aromatic hydroxyl groups is 1. The normalized spacial score (nSPS) is 18.9. The Hall–Kier alpha value is -4.48. The molecule has 10 nitrogen and oxygen atoms in total. The van der Waals surface area contributed by atoms with Crippen molar-refractivity contribution >= 4 is 46.3 Å². The van der Waals surface area contributed by atoms with Crippen LogP contribution in [-0.4, -0.2) is 67.8 Å². The van der Waals surface area contributed by atoms with Crippen molar-refractivity contribution in [2.45, 2.75) is 39.0 Å². The van der Waals surface area contributed by atoms with Crippen molar-refractivity contribution in [3.8, 4) is 16.9 Å². The number of anilines is 3. The van der Waals surface area contributed by atoms with Gasteiger partial charge in [-0.2, -0.15) is 0 Å². The minimum Gasteiger partial charge on any atom is -0.507 e. The van der Waals surface area contributed by atoms with Gasteiger partial charge in [-0.05, 0) is 44.5 Å². The van der Waals surface area contributed by atoms with Crippen LogP contribution in [0.15, 0.2) is 49.2 Å². The first-order chi connectivity index (χ1) is 20.0. The Morgan fingerprint density at radius 2 is 2.00 bits per heavy atom. The minimum atomic E-state index is -1.01. The highest BCUT2D eigenvalue weighted by molar-refractivity contribution is 6.38. The summed E-state index contributed by atoms with van der Waals surface area (Å²) in [5, 5.41) is 36.0. The number of hydrogen-bond donors (Lipinski definition) is 5. The zero-order valence-corrected chi connectivity index (χ0v) is 24.0. The summed E-state index contributed by atoms with van der Waals surface area (Å²) in [6.07, 6.45) is 1.68. The van der Waals surface area contributed by atoms with Crippen LogP contribution in [0.3, 0.4) is 0 Å². The number of hydrogen-bond acceptors (Lipinski definition) is 7. The number of rotatable bonds is 5. The number of aromatic nitrogens is 1. The third-order valence-corrected chi connectivity index (χ3v) is 8.04. The van der Waals surface area contributed by atoms with E-state index in [0.29, 0.717) is 11.3 Å². The second kappa shape index (κ2) is 11.1. The number of pyridine rings is 1. The lowest BCUT2D eigenvalue weighted by molar-refractivity contribution is -0.133. The van der Waals surface area contributed by atoms with Gasteiger partial charge in [0.2, 0.25) is 11.8 Å². The van der Waals surface area contributed by atoms with Crippen LogP contribution in [0, 0.1) is 18.2 Å². The molecule has 42 heavy (non-hydrogen) atoms. The molecular formula is C30H30ClFN6O4. The lowest BCUT2D eigenvalue weighted by Crippen LogP contribution is -2.62. The van der Waals surface area contributed by atoms with Crippen molar-refractivity contribution < 1.29 is 24.2 Å². The monoisotopic (exact) mass is 592 g/mol. The summed E-state index contributed by atoms with van der Waals surface area (Å²) in [6, 6.07) is 6.38. The molecule has 2 aliphatic heterocycles. The van der Waals surface area contributed by atoms with Crippen molar-refractivity contribution in [3.05, 3.63) is 76.8 Å². The highest BCUT2D eigenvalue weighted by Gasteiger charge is 2.44. The third kappa shape index (κ3) is 4.74. The van der Waals surface area contributed by atoms with Crippen LogP contribution in [0.25, 0.3) is 11.1 Å². The first-order valence-corrected chi connectivity index (χ1v) is 13.7. The minimum absolute atomic E-state index is 0.0250. The van der Waals surface area contributed by atoms with E-state index in [-0.39, 0.29) is 75.4 Å². The predicted molar refractivity (Wildman–Crippen MR) is 159 cm³/mol. The Kier molecular flexibility index (Phi) is 7.65. The van der Waals surface area contributed by atoms with Crippen LogP contribution in [0.4, 0.5) is 21.5 Å². The van der Waals surface area contributed by atoms with Crippen LogP contribution >= 0.6 is 11.6 Å². The molecule has 0 bridgehead atoms. The number of amidine groups is 1. The van der Waals surface area contributed by atoms with Gasteiger partial charge in [0, 0.05) is 29.9 Å². The molecular weight excluding hydrogens is 563 g/mol. The molecule has 2 amide bonds. The van der Waals surface area contributed by atoms with Gasteiger partial charge in [-0.15, -0.1) is 0 Å². The number of aliphatic hydroxyl groups is 1. The molecule has 12 heteroatoms. The average molecular weight is 593 g/mol. The summed E-state index contributed by atoms with van der Waals surface area (Å²) < 4.78 is 16.8. The Bertz CT molecular complexity index is 1640. The zero-order valence-electron chi connectivity index (χ0n) is 23.2. The summed E-state index contributed by atoms with van der Waals surface area (Å²) >= 11 is 6.82. The molecule has 218 valence electrons. The van der Waals surface area contributed by atoms with E-state index in [4.69, 9.17) is 11.6 Å². The number of carbonyl (C=O) groups excluding carboxylic acids is 2. The van der Waals surface area contributed by atoms with Crippen LogP contribution in [0.1, 0.15) is 36.8 Å². The highest BCUT2D eigenvalue weighted by Crippen LogP contribution is 2.48. The second-order valence-corrected chi connectivity index (χ2v) is 10.8. The van der Waals surface area contributed by atoms with Crippen molar-refractivity contribution in [1.29, 1.82) is 5.41 Å². The molecule has 1 aromatic heterocycles. The standard InChI is InChI=1S/C30H30ClFN6O4/c1-5-20(41)37-13-18-30(42)36-27-22(29(33)38(18)12-15(37)3)28(35-25-14(2)10-11-34-26(25)16(4)39)24(32)21(23(27)31)17-8-6-7-9-19(17)40/h5-11,15-16,18,33,35,39-40H,1,12-13H2,2-4H3,(H,36,42). The SMILES string of the molecule is C=CC(=O)N1CC2C(=O)Nc3c(Cl)c(-c4ccccc4O)c(F)c(Nc4c(C)ccnc4C(C)O)c3C(=N)N2CC1C. The molecule has 3 aromatic rings. The molecule has 1 saturated heterocycles. The highest BCUT2D eigenvalue weighted by atomic mass is 35.5. The maximum atomic E-state index is 16.8. The molecule has 1 fully saturated rings. The maximum Gasteiger partial charge on any atom is 0.249 e. The van der Waals surface area contributed by atoms with E-state index < -0.39 is 23.9 Å². The number of fused-ring (bicyclic) bond motifs is 2. The molecule has 3 unspecified atom stereocenters. The Balaban J connectivity index is 1.78. The number of phenolic OH excluding ortho intramolecular Hbond substituents is 1. The van der Waals surface area contributed by atoms with E-state index in [1.54, 1.807) is 32.0 Å². The number of piperazine rings is 1. The number of aryl methyl sites for hydroxylation is 1.